The molecule has 114 valence electrons. The van der Waals surface area contributed by atoms with Gasteiger partial charge in [-0.05, 0) is 25.3 Å². The predicted octanol–water partition coefficient (Wildman–Crippen LogP) is 3.66. The van der Waals surface area contributed by atoms with Crippen LogP contribution in [0.25, 0.3) is 16.6 Å². The van der Waals surface area contributed by atoms with Crippen molar-refractivity contribution in [3.8, 4) is 0 Å². The van der Waals surface area contributed by atoms with Crippen molar-refractivity contribution in [3.05, 3.63) is 42.6 Å². The van der Waals surface area contributed by atoms with Gasteiger partial charge < -0.3 is 9.30 Å². The van der Waals surface area contributed by atoms with Crippen LogP contribution in [-0.2, 0) is 9.53 Å². The van der Waals surface area contributed by atoms with Gasteiger partial charge in [0.2, 0.25) is 0 Å². The van der Waals surface area contributed by atoms with Gasteiger partial charge in [-0.15, -0.1) is 0 Å². The third kappa shape index (κ3) is 2.45. The quantitative estimate of drug-likeness (QED) is 0.809. The first-order valence-corrected chi connectivity index (χ1v) is 7.51. The summed E-state index contributed by atoms with van der Waals surface area (Å²) in [5.74, 6) is 0.0285. The second-order valence-corrected chi connectivity index (χ2v) is 5.75. The van der Waals surface area contributed by atoms with E-state index in [4.69, 9.17) is 4.74 Å². The summed E-state index contributed by atoms with van der Waals surface area (Å²) in [5.41, 5.74) is 2.28. The van der Waals surface area contributed by atoms with E-state index in [0.29, 0.717) is 24.2 Å². The highest BCUT2D eigenvalue weighted by atomic mass is 16.5. The Labute approximate surface area is 129 Å². The highest BCUT2D eigenvalue weighted by Crippen LogP contribution is 2.31. The third-order valence-electron chi connectivity index (χ3n) is 4.37. The first kappa shape index (κ1) is 14.6. The number of carbonyl (C=O) groups excluding carboxylic acids is 2. The number of rotatable bonds is 4. The Balaban J connectivity index is 1.98. The van der Waals surface area contributed by atoms with Crippen LogP contribution in [0.4, 0.5) is 0 Å². The maximum Gasteiger partial charge on any atom is 0.340 e. The van der Waals surface area contributed by atoms with Crippen molar-refractivity contribution in [2.45, 2.75) is 25.7 Å². The van der Waals surface area contributed by atoms with Crippen molar-refractivity contribution in [2.75, 3.05) is 7.11 Å². The molecule has 0 saturated heterocycles. The number of esters is 1. The Kier molecular flexibility index (Phi) is 3.84. The second kappa shape index (κ2) is 5.79. The lowest BCUT2D eigenvalue weighted by atomic mass is 10.0. The van der Waals surface area contributed by atoms with Gasteiger partial charge in [-0.2, -0.15) is 0 Å². The smallest absolute Gasteiger partial charge is 0.340 e. The number of hydrogen-bond donors (Lipinski definition) is 0. The summed E-state index contributed by atoms with van der Waals surface area (Å²) in [6, 6.07) is 7.66. The third-order valence-corrected chi connectivity index (χ3v) is 4.37. The van der Waals surface area contributed by atoms with Gasteiger partial charge >= 0.3 is 5.97 Å². The Morgan fingerprint density at radius 3 is 2.86 bits per heavy atom. The molecule has 0 radical (unpaired) electrons. The van der Waals surface area contributed by atoms with Crippen LogP contribution in [-0.4, -0.2) is 23.4 Å². The SMILES string of the molecule is C=C(CC1CCCC1=O)n1cc(C(=O)OC)c2ccccc21. The molecule has 0 aliphatic heterocycles. The zero-order chi connectivity index (χ0) is 15.7. The fourth-order valence-corrected chi connectivity index (χ4v) is 3.20. The number of allylic oxidation sites excluding steroid dienone is 1. The molecule has 2 aromatic rings. The number of benzene rings is 1. The Morgan fingerprint density at radius 2 is 2.18 bits per heavy atom. The largest absolute Gasteiger partial charge is 0.465 e. The Bertz CT molecular complexity index is 757. The van der Waals surface area contributed by atoms with Crippen LogP contribution >= 0.6 is 0 Å². The maximum absolute atomic E-state index is 11.9. The average molecular weight is 297 g/mol. The molecule has 1 heterocycles. The maximum atomic E-state index is 11.9. The number of carbonyl (C=O) groups is 2. The van der Waals surface area contributed by atoms with E-state index in [1.54, 1.807) is 6.20 Å². The average Bonchev–Trinajstić information content (AvgIpc) is 3.11. The molecule has 1 fully saturated rings. The molecule has 0 N–H and O–H groups in total. The van der Waals surface area contributed by atoms with E-state index in [0.717, 1.165) is 29.4 Å². The first-order valence-electron chi connectivity index (χ1n) is 7.51. The summed E-state index contributed by atoms with van der Waals surface area (Å²) >= 11 is 0. The standard InChI is InChI=1S/C18H19NO3/c1-12(10-13-6-5-9-17(13)20)19-11-15(18(21)22-2)14-7-3-4-8-16(14)19/h3-4,7-8,11,13H,1,5-6,9-10H2,2H3. The van der Waals surface area contributed by atoms with E-state index in [-0.39, 0.29) is 11.9 Å². The number of aromatic nitrogens is 1. The summed E-state index contributed by atoms with van der Waals surface area (Å²) in [6.07, 6.45) is 4.98. The number of fused-ring (bicyclic) bond motifs is 1. The molecule has 1 saturated carbocycles. The summed E-state index contributed by atoms with van der Waals surface area (Å²) < 4.78 is 6.76. The first-order chi connectivity index (χ1) is 10.6. The predicted molar refractivity (Wildman–Crippen MR) is 85.6 cm³/mol. The lowest BCUT2D eigenvalue weighted by molar-refractivity contribution is -0.120. The van der Waals surface area contributed by atoms with E-state index < -0.39 is 0 Å². The van der Waals surface area contributed by atoms with Crippen molar-refractivity contribution in [3.63, 3.8) is 0 Å². The number of ketones is 1. The molecule has 3 rings (SSSR count). The van der Waals surface area contributed by atoms with E-state index in [2.05, 4.69) is 6.58 Å². The molecule has 0 bridgehead atoms. The minimum Gasteiger partial charge on any atom is -0.465 e. The van der Waals surface area contributed by atoms with Crippen LogP contribution in [0.3, 0.4) is 0 Å². The van der Waals surface area contributed by atoms with E-state index in [9.17, 15) is 9.59 Å². The van der Waals surface area contributed by atoms with Crippen molar-refractivity contribution < 1.29 is 14.3 Å². The molecular weight excluding hydrogens is 278 g/mol. The van der Waals surface area contributed by atoms with Gasteiger partial charge in [-0.1, -0.05) is 24.8 Å². The van der Waals surface area contributed by atoms with Gasteiger partial charge in [0, 0.05) is 29.6 Å². The molecule has 0 amide bonds. The van der Waals surface area contributed by atoms with Crippen LogP contribution in [0.2, 0.25) is 0 Å². The van der Waals surface area contributed by atoms with Gasteiger partial charge in [0.05, 0.1) is 18.2 Å². The molecule has 1 aliphatic rings. The summed E-state index contributed by atoms with van der Waals surface area (Å²) in [6.45, 7) is 4.13. The molecule has 1 aromatic carbocycles. The van der Waals surface area contributed by atoms with Gasteiger partial charge in [-0.3, -0.25) is 4.79 Å². The zero-order valence-electron chi connectivity index (χ0n) is 12.7. The van der Waals surface area contributed by atoms with E-state index >= 15 is 0 Å². The Hall–Kier alpha value is -2.36. The molecule has 1 unspecified atom stereocenters. The fraction of sp³-hybridized carbons (Fsp3) is 0.333. The number of Topliss-reactive ketones (excluding diaryl/α,β-unsaturated/α-hetero) is 1. The monoisotopic (exact) mass is 297 g/mol. The van der Waals surface area contributed by atoms with E-state index in [1.807, 2.05) is 28.8 Å². The van der Waals surface area contributed by atoms with Crippen molar-refractivity contribution in [1.82, 2.24) is 4.57 Å². The molecule has 1 aromatic heterocycles. The van der Waals surface area contributed by atoms with Gasteiger partial charge in [0.15, 0.2) is 0 Å². The highest BCUT2D eigenvalue weighted by molar-refractivity contribution is 6.05. The number of para-hydroxylation sites is 1. The van der Waals surface area contributed by atoms with Gasteiger partial charge in [-0.25, -0.2) is 4.79 Å². The normalized spacial score (nSPS) is 17.9. The topological polar surface area (TPSA) is 48.3 Å². The number of ether oxygens (including phenoxy) is 1. The van der Waals surface area contributed by atoms with Crippen LogP contribution in [0, 0.1) is 5.92 Å². The molecule has 22 heavy (non-hydrogen) atoms. The van der Waals surface area contributed by atoms with Crippen LogP contribution in [0.15, 0.2) is 37.0 Å². The minimum atomic E-state index is -0.361. The van der Waals surface area contributed by atoms with Crippen molar-refractivity contribution in [1.29, 1.82) is 0 Å². The molecule has 1 aliphatic carbocycles. The number of hydrogen-bond acceptors (Lipinski definition) is 3. The fourth-order valence-electron chi connectivity index (χ4n) is 3.20. The lowest BCUT2D eigenvalue weighted by Gasteiger charge is -2.13. The summed E-state index contributed by atoms with van der Waals surface area (Å²) in [7, 11) is 1.38. The molecule has 4 nitrogen and oxygen atoms in total. The summed E-state index contributed by atoms with van der Waals surface area (Å²) in [4.78, 5) is 23.8. The van der Waals surface area contributed by atoms with Crippen LogP contribution in [0.1, 0.15) is 36.0 Å². The summed E-state index contributed by atoms with van der Waals surface area (Å²) in [5, 5.41) is 0.841. The van der Waals surface area contributed by atoms with Gasteiger partial charge in [0.1, 0.15) is 5.78 Å². The lowest BCUT2D eigenvalue weighted by Crippen LogP contribution is -2.09. The molecule has 1 atom stereocenters. The van der Waals surface area contributed by atoms with Crippen molar-refractivity contribution in [2.24, 2.45) is 5.92 Å². The number of methoxy groups -OCH3 is 1. The molecule has 4 heteroatoms. The number of nitrogens with zero attached hydrogens (tertiary/aromatic N) is 1. The second-order valence-electron chi connectivity index (χ2n) is 5.75. The highest BCUT2D eigenvalue weighted by Gasteiger charge is 2.26. The van der Waals surface area contributed by atoms with Crippen molar-refractivity contribution >= 4 is 28.4 Å². The van der Waals surface area contributed by atoms with Crippen LogP contribution in [0.5, 0.6) is 0 Å². The minimum absolute atomic E-state index is 0.0650. The van der Waals surface area contributed by atoms with Gasteiger partial charge in [0.25, 0.3) is 0 Å². The Morgan fingerprint density at radius 1 is 1.41 bits per heavy atom. The zero-order valence-corrected chi connectivity index (χ0v) is 12.7. The van der Waals surface area contributed by atoms with Crippen LogP contribution < -0.4 is 0 Å². The van der Waals surface area contributed by atoms with E-state index in [1.165, 1.54) is 7.11 Å². The molecule has 0 spiro atoms. The molecular formula is C18H19NO3.